The Labute approximate surface area is 280 Å². The van der Waals surface area contributed by atoms with Gasteiger partial charge >= 0.3 is 0 Å². The fourth-order valence-corrected chi connectivity index (χ4v) is 7.02. The van der Waals surface area contributed by atoms with Crippen molar-refractivity contribution in [2.24, 2.45) is 4.99 Å². The van der Waals surface area contributed by atoms with Gasteiger partial charge in [0.25, 0.3) is 17.2 Å². The number of aromatic nitrogens is 1. The fourth-order valence-electron chi connectivity index (χ4n) is 5.98. The van der Waals surface area contributed by atoms with Crippen LogP contribution in [-0.2, 0) is 11.4 Å². The number of fused-ring (bicyclic) bond motifs is 2. The van der Waals surface area contributed by atoms with Gasteiger partial charge in [-0.3, -0.25) is 24.3 Å². The number of hydrogen-bond donors (Lipinski definition) is 0. The molecule has 11 heteroatoms. The van der Waals surface area contributed by atoms with Crippen molar-refractivity contribution in [3.8, 4) is 11.5 Å². The second-order valence-electron chi connectivity index (χ2n) is 11.2. The highest BCUT2D eigenvalue weighted by Crippen LogP contribution is 2.40. The highest BCUT2D eigenvalue weighted by Gasteiger charge is 2.36. The van der Waals surface area contributed by atoms with Crippen LogP contribution in [0.5, 0.6) is 11.5 Å². The van der Waals surface area contributed by atoms with Gasteiger partial charge in [0.15, 0.2) is 4.80 Å². The van der Waals surface area contributed by atoms with Crippen molar-refractivity contribution in [1.29, 1.82) is 0 Å². The predicted octanol–water partition coefficient (Wildman–Crippen LogP) is 5.75. The maximum absolute atomic E-state index is 14.3. The van der Waals surface area contributed by atoms with E-state index in [1.165, 1.54) is 23.5 Å². The van der Waals surface area contributed by atoms with E-state index >= 15 is 0 Å². The smallest absolute Gasteiger partial charge is 0.271 e. The van der Waals surface area contributed by atoms with Crippen molar-refractivity contribution in [3.63, 3.8) is 0 Å². The van der Waals surface area contributed by atoms with E-state index in [4.69, 9.17) is 14.5 Å². The maximum Gasteiger partial charge on any atom is 0.271 e. The number of amides is 1. The molecule has 0 aliphatic carbocycles. The fraction of sp³-hybridized carbons (Fsp3) is 0.216. The number of likely N-dealkylation sites (N-methyl/N-ethyl adjacent to an activating group) is 1. The topological polar surface area (TPSA) is 116 Å². The third-order valence-corrected chi connectivity index (χ3v) is 9.44. The van der Waals surface area contributed by atoms with E-state index in [9.17, 15) is 19.7 Å². The van der Waals surface area contributed by atoms with Gasteiger partial charge in [0, 0.05) is 30.8 Å². The molecule has 0 unspecified atom stereocenters. The minimum absolute atomic E-state index is 0.0258. The number of allylic oxidation sites excluding steroid dienone is 1. The molecule has 48 heavy (non-hydrogen) atoms. The van der Waals surface area contributed by atoms with Crippen LogP contribution >= 0.6 is 11.3 Å². The Bertz CT molecular complexity index is 2230. The normalized spacial score (nSPS) is 14.4. The number of nitrogens with zero attached hydrogens (tertiary/aromatic N) is 4. The summed E-state index contributed by atoms with van der Waals surface area (Å²) in [5.74, 6) is 1.03. The summed E-state index contributed by atoms with van der Waals surface area (Å²) in [5, 5.41) is 12.8. The lowest BCUT2D eigenvalue weighted by atomic mass is 9.90. The highest BCUT2D eigenvalue weighted by atomic mass is 32.1. The number of non-ortho nitro benzene ring substituents is 1. The summed E-state index contributed by atoms with van der Waals surface area (Å²) in [6.07, 6.45) is 1.81. The lowest BCUT2D eigenvalue weighted by molar-refractivity contribution is -0.384. The number of nitro groups is 1. The molecule has 0 radical (unpaired) electrons. The SMILES string of the molecule is CCN(CC)C(=O)C1=C(C)N=c2s/c(=C/c3ccc(OCc4ccc([N+](=O)[O-])cc4)cc3)c(=O)n2[C@@H]1c1c(OC)ccc2ccccc12. The molecule has 0 bridgehead atoms. The minimum Gasteiger partial charge on any atom is -0.496 e. The maximum atomic E-state index is 14.3. The Morgan fingerprint density at radius 1 is 1.02 bits per heavy atom. The van der Waals surface area contributed by atoms with E-state index in [2.05, 4.69) is 0 Å². The molecule has 5 aromatic rings. The first kappa shape index (κ1) is 32.4. The van der Waals surface area contributed by atoms with E-state index in [0.29, 0.717) is 45.2 Å². The zero-order valence-electron chi connectivity index (χ0n) is 27.0. The Morgan fingerprint density at radius 3 is 2.40 bits per heavy atom. The monoisotopic (exact) mass is 662 g/mol. The number of thiazole rings is 1. The van der Waals surface area contributed by atoms with Gasteiger partial charge in [-0.2, -0.15) is 0 Å². The first-order chi connectivity index (χ1) is 23.2. The molecule has 1 aliphatic rings. The summed E-state index contributed by atoms with van der Waals surface area (Å²) in [5.41, 5.74) is 3.11. The third kappa shape index (κ3) is 6.12. The van der Waals surface area contributed by atoms with Gasteiger partial charge in [-0.25, -0.2) is 4.99 Å². The van der Waals surface area contributed by atoms with Gasteiger partial charge in [-0.05, 0) is 79.1 Å². The van der Waals surface area contributed by atoms with Crippen molar-refractivity contribution in [1.82, 2.24) is 9.47 Å². The highest BCUT2D eigenvalue weighted by molar-refractivity contribution is 7.07. The molecule has 1 aliphatic heterocycles. The zero-order valence-corrected chi connectivity index (χ0v) is 27.8. The van der Waals surface area contributed by atoms with E-state index in [1.807, 2.05) is 87.5 Å². The molecule has 10 nitrogen and oxygen atoms in total. The molecule has 1 aromatic heterocycles. The Hall–Kier alpha value is -5.55. The van der Waals surface area contributed by atoms with Crippen molar-refractivity contribution in [3.05, 3.63) is 143 Å². The van der Waals surface area contributed by atoms with Crippen molar-refractivity contribution < 1.29 is 19.2 Å². The van der Waals surface area contributed by atoms with Gasteiger partial charge in [0.1, 0.15) is 24.1 Å². The summed E-state index contributed by atoms with van der Waals surface area (Å²) in [7, 11) is 1.60. The summed E-state index contributed by atoms with van der Waals surface area (Å²) in [4.78, 5) is 46.0. The standard InChI is InChI=1S/C37H34N4O6S/c1-5-39(6-2)36(43)32-23(3)38-37-40(34(32)33-29-10-8-7-9-26(29)15-20-30(33)46-4)35(42)31(48-37)21-24-13-18-28(19-14-24)47-22-25-11-16-27(17-12-25)41(44)45/h7-21,34H,5-6,22H2,1-4H3/b31-21+/t34-/m0/s1. The van der Waals surface area contributed by atoms with Crippen LogP contribution in [0, 0.1) is 10.1 Å². The van der Waals surface area contributed by atoms with Gasteiger partial charge in [0.2, 0.25) is 0 Å². The minimum atomic E-state index is -0.757. The lowest BCUT2D eigenvalue weighted by Crippen LogP contribution is -2.43. The van der Waals surface area contributed by atoms with Crippen molar-refractivity contribution in [2.75, 3.05) is 20.2 Å². The number of methoxy groups -OCH3 is 1. The number of ether oxygens (including phenoxy) is 2. The number of rotatable bonds is 10. The van der Waals surface area contributed by atoms with Crippen molar-refractivity contribution >= 4 is 39.8 Å². The van der Waals surface area contributed by atoms with Gasteiger partial charge in [-0.15, -0.1) is 0 Å². The molecule has 0 fully saturated rings. The second-order valence-corrected chi connectivity index (χ2v) is 12.3. The number of carbonyl (C=O) groups excluding carboxylic acids is 1. The van der Waals surface area contributed by atoms with E-state index in [-0.39, 0.29) is 23.8 Å². The second kappa shape index (κ2) is 13.7. The summed E-state index contributed by atoms with van der Waals surface area (Å²) < 4.78 is 13.9. The van der Waals surface area contributed by atoms with Gasteiger partial charge in [0.05, 0.1) is 27.8 Å². The molecule has 244 valence electrons. The van der Waals surface area contributed by atoms with Crippen LogP contribution in [0.3, 0.4) is 0 Å². The number of carbonyl (C=O) groups is 1. The molecule has 0 saturated carbocycles. The largest absolute Gasteiger partial charge is 0.496 e. The third-order valence-electron chi connectivity index (χ3n) is 8.46. The molecule has 0 N–H and O–H groups in total. The molecule has 0 saturated heterocycles. The Balaban J connectivity index is 1.41. The lowest BCUT2D eigenvalue weighted by Gasteiger charge is -2.30. The molecule has 1 amide bonds. The van der Waals surface area contributed by atoms with Crippen LogP contribution in [0.15, 0.2) is 106 Å². The van der Waals surface area contributed by atoms with E-state index in [1.54, 1.807) is 28.7 Å². The number of benzene rings is 4. The van der Waals surface area contributed by atoms with Crippen LogP contribution in [0.1, 0.15) is 43.5 Å². The average Bonchev–Trinajstić information content (AvgIpc) is 3.40. The quantitative estimate of drug-likeness (QED) is 0.139. The molecular formula is C37H34N4O6S. The number of nitro benzene ring substituents is 1. The molecule has 2 heterocycles. The van der Waals surface area contributed by atoms with Crippen molar-refractivity contribution in [2.45, 2.75) is 33.4 Å². The van der Waals surface area contributed by atoms with E-state index < -0.39 is 11.0 Å². The van der Waals surface area contributed by atoms with E-state index in [0.717, 1.165) is 27.5 Å². The summed E-state index contributed by atoms with van der Waals surface area (Å²) in [6.45, 7) is 6.99. The molecule has 0 spiro atoms. The molecule has 4 aromatic carbocycles. The van der Waals surface area contributed by atoms with Gasteiger partial charge < -0.3 is 14.4 Å². The van der Waals surface area contributed by atoms with Crippen LogP contribution in [0.25, 0.3) is 16.8 Å². The van der Waals surface area contributed by atoms with Crippen LogP contribution in [0.2, 0.25) is 0 Å². The summed E-state index contributed by atoms with van der Waals surface area (Å²) >= 11 is 1.28. The Morgan fingerprint density at radius 2 is 1.73 bits per heavy atom. The van der Waals surface area contributed by atoms with Gasteiger partial charge in [-0.1, -0.05) is 53.8 Å². The first-order valence-corrected chi connectivity index (χ1v) is 16.4. The van der Waals surface area contributed by atoms with Crippen LogP contribution in [0.4, 0.5) is 5.69 Å². The number of hydrogen-bond acceptors (Lipinski definition) is 8. The molecule has 1 atom stereocenters. The molecule has 6 rings (SSSR count). The zero-order chi connectivity index (χ0) is 33.9. The summed E-state index contributed by atoms with van der Waals surface area (Å²) in [6, 6.07) is 24.5. The first-order valence-electron chi connectivity index (χ1n) is 15.6. The molecular weight excluding hydrogens is 628 g/mol. The average molecular weight is 663 g/mol. The van der Waals surface area contributed by atoms with Crippen LogP contribution < -0.4 is 24.4 Å². The Kier molecular flexibility index (Phi) is 9.22. The predicted molar refractivity (Wildman–Crippen MR) is 186 cm³/mol. The van der Waals surface area contributed by atoms with Crippen LogP contribution in [-0.4, -0.2) is 40.5 Å².